The maximum Gasteiger partial charge on any atom is 0.224 e. The van der Waals surface area contributed by atoms with E-state index < -0.39 is 0 Å². The summed E-state index contributed by atoms with van der Waals surface area (Å²) >= 11 is 0. The first kappa shape index (κ1) is 18.7. The number of nitrogens with zero attached hydrogens (tertiary/aromatic N) is 2. The van der Waals surface area contributed by atoms with Gasteiger partial charge < -0.3 is 15.0 Å². The molecule has 1 N–H and O–H groups in total. The van der Waals surface area contributed by atoms with Crippen LogP contribution in [0.2, 0.25) is 0 Å². The first-order valence-corrected chi connectivity index (χ1v) is 9.42. The summed E-state index contributed by atoms with van der Waals surface area (Å²) in [4.78, 5) is 17.0. The van der Waals surface area contributed by atoms with Crippen molar-refractivity contribution in [2.45, 2.75) is 71.0 Å². The normalized spacial score (nSPS) is 26.6. The second-order valence-corrected chi connectivity index (χ2v) is 7.32. The maximum atomic E-state index is 12.4. The molecule has 23 heavy (non-hydrogen) atoms. The Morgan fingerprint density at radius 2 is 1.87 bits per heavy atom. The van der Waals surface area contributed by atoms with E-state index in [0.717, 1.165) is 39.4 Å². The topological polar surface area (TPSA) is 44.8 Å². The first-order valence-electron chi connectivity index (χ1n) is 9.42. The summed E-state index contributed by atoms with van der Waals surface area (Å²) in [6.07, 6.45) is 5.49. The van der Waals surface area contributed by atoms with Crippen molar-refractivity contribution in [2.24, 2.45) is 0 Å². The summed E-state index contributed by atoms with van der Waals surface area (Å²) in [5.74, 6) is 0.319. The molecule has 2 aliphatic heterocycles. The quantitative estimate of drug-likeness (QED) is 0.810. The van der Waals surface area contributed by atoms with Gasteiger partial charge >= 0.3 is 0 Å². The van der Waals surface area contributed by atoms with Gasteiger partial charge in [-0.1, -0.05) is 12.8 Å². The first-order chi connectivity index (χ1) is 11.1. The van der Waals surface area contributed by atoms with Crippen LogP contribution in [0.1, 0.15) is 52.9 Å². The molecule has 2 rings (SSSR count). The minimum absolute atomic E-state index is 0.240. The lowest BCUT2D eigenvalue weighted by molar-refractivity contribution is -0.131. The lowest BCUT2D eigenvalue weighted by atomic mass is 10.1. The molecular weight excluding hydrogens is 290 g/mol. The van der Waals surface area contributed by atoms with Crippen LogP contribution < -0.4 is 5.32 Å². The van der Waals surface area contributed by atoms with Crippen LogP contribution in [0.25, 0.3) is 0 Å². The fourth-order valence-electron chi connectivity index (χ4n) is 3.67. The summed E-state index contributed by atoms with van der Waals surface area (Å²) < 4.78 is 5.51. The Bertz CT molecular complexity index is 356. The van der Waals surface area contributed by atoms with Crippen LogP contribution in [0.3, 0.4) is 0 Å². The number of carbonyl (C=O) groups is 1. The van der Waals surface area contributed by atoms with Crippen LogP contribution in [-0.4, -0.2) is 73.2 Å². The third-order valence-electron chi connectivity index (χ3n) is 5.19. The lowest BCUT2D eigenvalue weighted by Gasteiger charge is -2.38. The Hall–Kier alpha value is -0.650. The van der Waals surface area contributed by atoms with Gasteiger partial charge in [-0.05, 0) is 33.6 Å². The van der Waals surface area contributed by atoms with Crippen LogP contribution in [0.4, 0.5) is 0 Å². The number of likely N-dealkylation sites (tertiary alicyclic amines) is 1. The standard InChI is InChI=1S/C18H35N3O2/c1-15(12-18(22)20-8-6-4-5-7-9-20)19-13-16(2)21-10-11-23-14-17(21)3/h15-17,19H,4-14H2,1-3H3. The number of nitrogens with one attached hydrogen (secondary N) is 1. The number of carbonyl (C=O) groups excluding carboxylic acids is 1. The molecule has 0 radical (unpaired) electrons. The molecule has 0 aromatic heterocycles. The molecule has 5 nitrogen and oxygen atoms in total. The van der Waals surface area contributed by atoms with E-state index >= 15 is 0 Å². The molecule has 0 saturated carbocycles. The molecule has 2 heterocycles. The SMILES string of the molecule is CC(CC(=O)N1CCCCCC1)NCC(C)N1CCOCC1C. The van der Waals surface area contributed by atoms with Gasteiger partial charge in [0.15, 0.2) is 0 Å². The molecule has 0 aliphatic carbocycles. The van der Waals surface area contributed by atoms with E-state index in [0.29, 0.717) is 24.4 Å². The Morgan fingerprint density at radius 1 is 1.17 bits per heavy atom. The summed E-state index contributed by atoms with van der Waals surface area (Å²) in [7, 11) is 0. The van der Waals surface area contributed by atoms with Gasteiger partial charge in [0.2, 0.25) is 5.91 Å². The van der Waals surface area contributed by atoms with Crippen LogP contribution in [0.15, 0.2) is 0 Å². The van der Waals surface area contributed by atoms with E-state index in [1.54, 1.807) is 0 Å². The molecule has 0 aromatic carbocycles. The zero-order valence-corrected chi connectivity index (χ0v) is 15.2. The average Bonchev–Trinajstić information content (AvgIpc) is 2.82. The van der Waals surface area contributed by atoms with Crippen molar-refractivity contribution >= 4 is 5.91 Å². The monoisotopic (exact) mass is 325 g/mol. The molecule has 2 saturated heterocycles. The van der Waals surface area contributed by atoms with Crippen molar-refractivity contribution in [3.8, 4) is 0 Å². The van der Waals surface area contributed by atoms with Crippen LogP contribution >= 0.6 is 0 Å². The molecular formula is C18H35N3O2. The molecule has 5 heteroatoms. The summed E-state index contributed by atoms with van der Waals surface area (Å²) in [5.41, 5.74) is 0. The Balaban J connectivity index is 1.69. The highest BCUT2D eigenvalue weighted by Gasteiger charge is 2.24. The van der Waals surface area contributed by atoms with Crippen molar-refractivity contribution in [1.82, 2.24) is 15.1 Å². The van der Waals surface area contributed by atoms with Crippen molar-refractivity contribution in [1.29, 1.82) is 0 Å². The summed E-state index contributed by atoms with van der Waals surface area (Å²) in [6, 6.07) is 1.20. The number of ether oxygens (including phenoxy) is 1. The van der Waals surface area contributed by atoms with Gasteiger partial charge in [0, 0.05) is 50.7 Å². The molecule has 0 spiro atoms. The highest BCUT2D eigenvalue weighted by atomic mass is 16.5. The number of amides is 1. The van der Waals surface area contributed by atoms with Gasteiger partial charge in [-0.2, -0.15) is 0 Å². The second-order valence-electron chi connectivity index (χ2n) is 7.32. The fraction of sp³-hybridized carbons (Fsp3) is 0.944. The van der Waals surface area contributed by atoms with E-state index in [1.165, 1.54) is 25.7 Å². The number of hydrogen-bond acceptors (Lipinski definition) is 4. The second kappa shape index (κ2) is 9.60. The van der Waals surface area contributed by atoms with Crippen molar-refractivity contribution < 1.29 is 9.53 Å². The highest BCUT2D eigenvalue weighted by molar-refractivity contribution is 5.76. The third kappa shape index (κ3) is 6.05. The Labute approximate surface area is 141 Å². The van der Waals surface area contributed by atoms with Gasteiger partial charge in [-0.3, -0.25) is 9.69 Å². The van der Waals surface area contributed by atoms with E-state index in [2.05, 4.69) is 35.9 Å². The van der Waals surface area contributed by atoms with Crippen molar-refractivity contribution in [3.05, 3.63) is 0 Å². The molecule has 134 valence electrons. The molecule has 1 amide bonds. The largest absolute Gasteiger partial charge is 0.379 e. The summed E-state index contributed by atoms with van der Waals surface area (Å²) in [6.45, 7) is 12.1. The fourth-order valence-corrected chi connectivity index (χ4v) is 3.67. The Morgan fingerprint density at radius 3 is 2.52 bits per heavy atom. The zero-order valence-electron chi connectivity index (χ0n) is 15.2. The number of rotatable bonds is 6. The molecule has 3 unspecified atom stereocenters. The van der Waals surface area contributed by atoms with Crippen LogP contribution in [0.5, 0.6) is 0 Å². The van der Waals surface area contributed by atoms with E-state index in [1.807, 2.05) is 0 Å². The molecule has 0 aromatic rings. The molecule has 3 atom stereocenters. The minimum Gasteiger partial charge on any atom is -0.379 e. The van der Waals surface area contributed by atoms with Gasteiger partial charge in [0.1, 0.15) is 0 Å². The summed E-state index contributed by atoms with van der Waals surface area (Å²) in [5, 5.41) is 3.56. The minimum atomic E-state index is 0.240. The lowest BCUT2D eigenvalue weighted by Crippen LogP contribution is -2.52. The van der Waals surface area contributed by atoms with Crippen molar-refractivity contribution in [3.63, 3.8) is 0 Å². The Kier molecular flexibility index (Phi) is 7.80. The van der Waals surface area contributed by atoms with Gasteiger partial charge in [-0.15, -0.1) is 0 Å². The maximum absolute atomic E-state index is 12.4. The molecule has 2 fully saturated rings. The average molecular weight is 325 g/mol. The van der Waals surface area contributed by atoms with E-state index in [-0.39, 0.29) is 6.04 Å². The molecule has 0 bridgehead atoms. The number of morpholine rings is 1. The van der Waals surface area contributed by atoms with E-state index in [9.17, 15) is 4.79 Å². The van der Waals surface area contributed by atoms with Gasteiger partial charge in [0.25, 0.3) is 0 Å². The van der Waals surface area contributed by atoms with Gasteiger partial charge in [-0.25, -0.2) is 0 Å². The third-order valence-corrected chi connectivity index (χ3v) is 5.19. The van der Waals surface area contributed by atoms with Crippen LogP contribution in [-0.2, 0) is 9.53 Å². The zero-order chi connectivity index (χ0) is 16.7. The number of hydrogen-bond donors (Lipinski definition) is 1. The molecule has 2 aliphatic rings. The van der Waals surface area contributed by atoms with Gasteiger partial charge in [0.05, 0.1) is 13.2 Å². The predicted molar refractivity (Wildman–Crippen MR) is 93.6 cm³/mol. The highest BCUT2D eigenvalue weighted by Crippen LogP contribution is 2.12. The predicted octanol–water partition coefficient (Wildman–Crippen LogP) is 1.87. The van der Waals surface area contributed by atoms with Crippen molar-refractivity contribution in [2.75, 3.05) is 39.4 Å². The smallest absolute Gasteiger partial charge is 0.224 e. The van der Waals surface area contributed by atoms with Crippen LogP contribution in [0, 0.1) is 0 Å². The van der Waals surface area contributed by atoms with E-state index in [4.69, 9.17) is 4.74 Å².